The summed E-state index contributed by atoms with van der Waals surface area (Å²) in [6, 6.07) is 10.6. The van der Waals surface area contributed by atoms with Gasteiger partial charge in [0.05, 0.1) is 9.82 Å². The van der Waals surface area contributed by atoms with E-state index in [1.54, 1.807) is 0 Å². The number of hydrogen-bond acceptors (Lipinski definition) is 6. The van der Waals surface area contributed by atoms with Gasteiger partial charge in [0.1, 0.15) is 0 Å². The Morgan fingerprint density at radius 2 is 1.80 bits per heavy atom. The van der Waals surface area contributed by atoms with Gasteiger partial charge in [-0.2, -0.15) is 0 Å². The lowest BCUT2D eigenvalue weighted by atomic mass is 10.2. The number of nitrogens with zero attached hydrogens (tertiary/aromatic N) is 1. The molecule has 2 aromatic rings. The number of amides is 1. The van der Waals surface area contributed by atoms with Gasteiger partial charge in [0.25, 0.3) is 11.6 Å². The first kappa shape index (κ1) is 18.4. The molecule has 0 radical (unpaired) electrons. The highest BCUT2D eigenvalue weighted by atomic mass is 32.2. The first-order valence-electron chi connectivity index (χ1n) is 6.66. The number of rotatable bonds is 4. The average Bonchev–Trinajstić information content (AvgIpc) is 2.54. The number of anilines is 1. The maximum Gasteiger partial charge on any atom is 0.270 e. The van der Waals surface area contributed by atoms with Crippen molar-refractivity contribution in [3.05, 3.63) is 64.2 Å². The number of hydrogen-bond donors (Lipinski definition) is 3. The van der Waals surface area contributed by atoms with Crippen molar-refractivity contribution in [3.63, 3.8) is 0 Å². The van der Waals surface area contributed by atoms with E-state index < -0.39 is 20.9 Å². The van der Waals surface area contributed by atoms with Crippen LogP contribution in [-0.2, 0) is 10.0 Å². The van der Waals surface area contributed by atoms with E-state index in [4.69, 9.17) is 17.4 Å². The summed E-state index contributed by atoms with van der Waals surface area (Å²) in [6.45, 7) is 0. The van der Waals surface area contributed by atoms with Gasteiger partial charge in [-0.05, 0) is 42.5 Å². The third-order valence-corrected chi connectivity index (χ3v) is 4.12. The predicted molar refractivity (Wildman–Crippen MR) is 94.6 cm³/mol. The molecule has 0 aliphatic heterocycles. The molecule has 2 rings (SSSR count). The minimum Gasteiger partial charge on any atom is -0.332 e. The fourth-order valence-electron chi connectivity index (χ4n) is 1.83. The molecule has 25 heavy (non-hydrogen) atoms. The minimum absolute atomic E-state index is 0.0557. The molecule has 0 fully saturated rings. The van der Waals surface area contributed by atoms with Crippen molar-refractivity contribution in [3.8, 4) is 0 Å². The van der Waals surface area contributed by atoms with Crippen molar-refractivity contribution < 1.29 is 18.1 Å². The second kappa shape index (κ2) is 7.34. The van der Waals surface area contributed by atoms with Crippen LogP contribution < -0.4 is 15.8 Å². The number of thiocarbonyl (C=S) groups is 1. The van der Waals surface area contributed by atoms with Crippen LogP contribution in [0.5, 0.6) is 0 Å². The standard InChI is InChI=1S/C14H12N4O5S2/c15-25(22,23)12-6-4-10(5-7-12)16-14(24)17-13(19)9-2-1-3-11(8-9)18(20)21/h1-8H,(H2,15,22,23)(H2,16,17,19,24). The molecular weight excluding hydrogens is 368 g/mol. The molecule has 0 bridgehead atoms. The zero-order valence-corrected chi connectivity index (χ0v) is 14.1. The van der Waals surface area contributed by atoms with Crippen molar-refractivity contribution in [1.82, 2.24) is 5.32 Å². The average molecular weight is 380 g/mol. The number of carbonyl (C=O) groups is 1. The molecule has 0 aliphatic rings. The molecule has 0 unspecified atom stereocenters. The Labute approximate surface area is 148 Å². The Bertz CT molecular complexity index is 942. The van der Waals surface area contributed by atoms with Crippen LogP contribution in [0.15, 0.2) is 53.4 Å². The zero-order valence-electron chi connectivity index (χ0n) is 12.5. The zero-order chi connectivity index (χ0) is 18.6. The molecule has 130 valence electrons. The number of nitro benzene ring substituents is 1. The maximum absolute atomic E-state index is 12.0. The van der Waals surface area contributed by atoms with E-state index in [2.05, 4.69) is 10.6 Å². The van der Waals surface area contributed by atoms with Gasteiger partial charge in [0, 0.05) is 23.4 Å². The van der Waals surface area contributed by atoms with E-state index in [-0.39, 0.29) is 21.3 Å². The van der Waals surface area contributed by atoms with Gasteiger partial charge in [-0.3, -0.25) is 20.2 Å². The second-order valence-corrected chi connectivity index (χ2v) is 6.75. The molecule has 1 amide bonds. The Kier molecular flexibility index (Phi) is 5.41. The van der Waals surface area contributed by atoms with Crippen LogP contribution in [0.1, 0.15) is 10.4 Å². The summed E-state index contributed by atoms with van der Waals surface area (Å²) in [6.07, 6.45) is 0. The summed E-state index contributed by atoms with van der Waals surface area (Å²) >= 11 is 4.98. The number of benzene rings is 2. The monoisotopic (exact) mass is 380 g/mol. The minimum atomic E-state index is -3.80. The van der Waals surface area contributed by atoms with Crippen LogP contribution in [0.3, 0.4) is 0 Å². The Hall–Kier alpha value is -2.89. The van der Waals surface area contributed by atoms with Gasteiger partial charge in [-0.25, -0.2) is 13.6 Å². The van der Waals surface area contributed by atoms with E-state index in [1.165, 1.54) is 42.5 Å². The number of non-ortho nitro benzene ring substituents is 1. The lowest BCUT2D eigenvalue weighted by molar-refractivity contribution is -0.384. The largest absolute Gasteiger partial charge is 0.332 e. The summed E-state index contributed by atoms with van der Waals surface area (Å²) in [4.78, 5) is 22.1. The van der Waals surface area contributed by atoms with Crippen LogP contribution in [0.4, 0.5) is 11.4 Å². The van der Waals surface area contributed by atoms with Crippen LogP contribution in [0.25, 0.3) is 0 Å². The molecule has 0 saturated carbocycles. The SMILES string of the molecule is NS(=O)(=O)c1ccc(NC(=S)NC(=O)c2cccc([N+](=O)[O-])c2)cc1. The smallest absolute Gasteiger partial charge is 0.270 e. The Balaban J connectivity index is 2.03. The van der Waals surface area contributed by atoms with E-state index in [9.17, 15) is 23.3 Å². The normalized spacial score (nSPS) is 10.8. The van der Waals surface area contributed by atoms with Crippen molar-refractivity contribution in [2.24, 2.45) is 5.14 Å². The molecule has 0 saturated heterocycles. The summed E-state index contributed by atoms with van der Waals surface area (Å²) in [5.41, 5.74) is 0.282. The first-order chi connectivity index (χ1) is 11.7. The van der Waals surface area contributed by atoms with Crippen LogP contribution in [0, 0.1) is 10.1 Å². The Morgan fingerprint density at radius 1 is 1.16 bits per heavy atom. The van der Waals surface area contributed by atoms with Crippen LogP contribution in [-0.4, -0.2) is 24.4 Å². The molecule has 2 aromatic carbocycles. The van der Waals surface area contributed by atoms with E-state index >= 15 is 0 Å². The van der Waals surface area contributed by atoms with Crippen molar-refractivity contribution >= 4 is 44.6 Å². The number of nitro groups is 1. The lowest BCUT2D eigenvalue weighted by Gasteiger charge is -2.10. The highest BCUT2D eigenvalue weighted by molar-refractivity contribution is 7.89. The highest BCUT2D eigenvalue weighted by Crippen LogP contribution is 2.14. The van der Waals surface area contributed by atoms with Gasteiger partial charge >= 0.3 is 0 Å². The number of primary sulfonamides is 1. The van der Waals surface area contributed by atoms with Gasteiger partial charge < -0.3 is 5.32 Å². The molecule has 0 aromatic heterocycles. The number of nitrogens with two attached hydrogens (primary N) is 1. The summed E-state index contributed by atoms with van der Waals surface area (Å²) in [5.74, 6) is -0.623. The lowest BCUT2D eigenvalue weighted by Crippen LogP contribution is -2.34. The fourth-order valence-corrected chi connectivity index (χ4v) is 2.55. The summed E-state index contributed by atoms with van der Waals surface area (Å²) in [7, 11) is -3.80. The fraction of sp³-hybridized carbons (Fsp3) is 0. The molecule has 0 spiro atoms. The highest BCUT2D eigenvalue weighted by Gasteiger charge is 2.13. The third-order valence-electron chi connectivity index (χ3n) is 2.99. The van der Waals surface area contributed by atoms with Gasteiger partial charge in [-0.15, -0.1) is 0 Å². The first-order valence-corrected chi connectivity index (χ1v) is 8.62. The van der Waals surface area contributed by atoms with Crippen molar-refractivity contribution in [2.45, 2.75) is 4.90 Å². The molecule has 0 aliphatic carbocycles. The molecular formula is C14H12N4O5S2. The molecule has 9 nitrogen and oxygen atoms in total. The second-order valence-electron chi connectivity index (χ2n) is 4.79. The summed E-state index contributed by atoms with van der Waals surface area (Å²) in [5, 5.41) is 20.7. The number of nitrogens with one attached hydrogen (secondary N) is 2. The maximum atomic E-state index is 12.0. The Morgan fingerprint density at radius 3 is 2.36 bits per heavy atom. The molecule has 4 N–H and O–H groups in total. The summed E-state index contributed by atoms with van der Waals surface area (Å²) < 4.78 is 22.3. The van der Waals surface area contributed by atoms with E-state index in [0.717, 1.165) is 6.07 Å². The van der Waals surface area contributed by atoms with Crippen molar-refractivity contribution in [2.75, 3.05) is 5.32 Å². The number of sulfonamides is 1. The van der Waals surface area contributed by atoms with Gasteiger partial charge in [0.15, 0.2) is 5.11 Å². The predicted octanol–water partition coefficient (Wildman–Crippen LogP) is 1.37. The molecule has 11 heteroatoms. The van der Waals surface area contributed by atoms with Gasteiger partial charge in [0.2, 0.25) is 10.0 Å². The third kappa shape index (κ3) is 5.04. The van der Waals surface area contributed by atoms with E-state index in [0.29, 0.717) is 5.69 Å². The van der Waals surface area contributed by atoms with E-state index in [1.807, 2.05) is 0 Å². The van der Waals surface area contributed by atoms with Crippen molar-refractivity contribution in [1.29, 1.82) is 0 Å². The van der Waals surface area contributed by atoms with Gasteiger partial charge in [-0.1, -0.05) is 6.07 Å². The van der Waals surface area contributed by atoms with Crippen LogP contribution >= 0.6 is 12.2 Å². The quantitative estimate of drug-likeness (QED) is 0.413. The molecule has 0 atom stereocenters. The molecule has 0 heterocycles. The topological polar surface area (TPSA) is 144 Å². The number of carbonyl (C=O) groups excluding carboxylic acids is 1. The van der Waals surface area contributed by atoms with Crippen LogP contribution in [0.2, 0.25) is 0 Å².